The van der Waals surface area contributed by atoms with E-state index >= 15 is 0 Å². The number of amides is 3. The normalized spacial score (nSPS) is 17.7. The van der Waals surface area contributed by atoms with Crippen molar-refractivity contribution >= 4 is 23.7 Å². The first kappa shape index (κ1) is 28.4. The topological polar surface area (TPSA) is 127 Å². The summed E-state index contributed by atoms with van der Waals surface area (Å²) in [6.45, 7) is 9.24. The molecule has 186 valence electrons. The van der Waals surface area contributed by atoms with Crippen LogP contribution in [0.15, 0.2) is 23.5 Å². The van der Waals surface area contributed by atoms with Gasteiger partial charge >= 0.3 is 6.09 Å². The van der Waals surface area contributed by atoms with Crippen molar-refractivity contribution < 1.29 is 29.0 Å². The predicted octanol–water partition coefficient (Wildman–Crippen LogP) is 4.58. The molecule has 2 atom stereocenters. The second-order valence-electron chi connectivity index (χ2n) is 9.66. The third-order valence-corrected chi connectivity index (χ3v) is 5.97. The van der Waals surface area contributed by atoms with Crippen molar-refractivity contribution in [3.63, 3.8) is 0 Å². The highest BCUT2D eigenvalue weighted by molar-refractivity contribution is 6.25. The first-order chi connectivity index (χ1) is 15.4. The molecule has 2 unspecified atom stereocenters. The Bertz CT molecular complexity index is 778. The Kier molecular flexibility index (Phi) is 11.3. The SMILES string of the molecule is CCCCCCC/C=C/C(=O)N1C(=O)C(C(C)=O)=C(O)C1C(CCCOC(N)=O)C(C)(C)C. The number of hydrogen-bond donors (Lipinski definition) is 2. The Morgan fingerprint density at radius 3 is 2.33 bits per heavy atom. The number of aliphatic hydroxyl groups is 1. The second-order valence-corrected chi connectivity index (χ2v) is 9.66. The molecule has 8 heteroatoms. The Morgan fingerprint density at radius 1 is 1.15 bits per heavy atom. The molecule has 33 heavy (non-hydrogen) atoms. The van der Waals surface area contributed by atoms with E-state index in [9.17, 15) is 24.3 Å². The number of hydrogen-bond acceptors (Lipinski definition) is 6. The Hall–Kier alpha value is -2.64. The van der Waals surface area contributed by atoms with Crippen LogP contribution in [-0.2, 0) is 19.1 Å². The number of ketones is 1. The molecule has 0 aromatic heterocycles. The van der Waals surface area contributed by atoms with Crippen LogP contribution in [0.5, 0.6) is 0 Å². The van der Waals surface area contributed by atoms with Crippen LogP contribution in [0.2, 0.25) is 0 Å². The fraction of sp³-hybridized carbons (Fsp3) is 0.680. The highest BCUT2D eigenvalue weighted by Gasteiger charge is 2.50. The van der Waals surface area contributed by atoms with E-state index in [1.807, 2.05) is 20.8 Å². The smallest absolute Gasteiger partial charge is 0.404 e. The molecule has 0 radical (unpaired) electrons. The van der Waals surface area contributed by atoms with Gasteiger partial charge in [0.1, 0.15) is 17.4 Å². The van der Waals surface area contributed by atoms with Crippen LogP contribution in [-0.4, -0.2) is 46.3 Å². The van der Waals surface area contributed by atoms with Gasteiger partial charge in [0.15, 0.2) is 5.78 Å². The van der Waals surface area contributed by atoms with Crippen LogP contribution in [0, 0.1) is 11.3 Å². The number of aliphatic hydroxyl groups excluding tert-OH is 1. The van der Waals surface area contributed by atoms with Crippen molar-refractivity contribution in [2.24, 2.45) is 17.1 Å². The average molecular weight is 465 g/mol. The third kappa shape index (κ3) is 8.33. The molecular weight excluding hydrogens is 424 g/mol. The number of Topliss-reactive ketones (excluding diaryl/α,β-unsaturated/α-hetero) is 1. The maximum atomic E-state index is 13.0. The van der Waals surface area contributed by atoms with E-state index < -0.39 is 35.1 Å². The first-order valence-electron chi connectivity index (χ1n) is 11.8. The Labute approximate surface area is 197 Å². The van der Waals surface area contributed by atoms with Gasteiger partial charge in [-0.15, -0.1) is 0 Å². The van der Waals surface area contributed by atoms with Gasteiger partial charge in [0.05, 0.1) is 6.61 Å². The highest BCUT2D eigenvalue weighted by atomic mass is 16.5. The van der Waals surface area contributed by atoms with Crippen molar-refractivity contribution in [2.75, 3.05) is 6.61 Å². The number of carbonyl (C=O) groups is 4. The summed E-state index contributed by atoms with van der Waals surface area (Å²) in [7, 11) is 0. The van der Waals surface area contributed by atoms with E-state index in [0.29, 0.717) is 19.3 Å². The number of nitrogens with two attached hydrogens (primary N) is 1. The molecule has 3 amide bonds. The molecule has 1 heterocycles. The molecule has 3 N–H and O–H groups in total. The number of rotatable bonds is 13. The fourth-order valence-electron chi connectivity index (χ4n) is 4.24. The molecule has 0 saturated carbocycles. The van der Waals surface area contributed by atoms with Crippen molar-refractivity contribution in [2.45, 2.75) is 92.0 Å². The van der Waals surface area contributed by atoms with Gasteiger partial charge in [-0.1, -0.05) is 59.5 Å². The van der Waals surface area contributed by atoms with E-state index in [1.165, 1.54) is 19.4 Å². The van der Waals surface area contributed by atoms with Crippen LogP contribution in [0.1, 0.15) is 86.0 Å². The molecule has 0 aromatic carbocycles. The van der Waals surface area contributed by atoms with E-state index in [4.69, 9.17) is 10.5 Å². The highest BCUT2D eigenvalue weighted by Crippen LogP contribution is 2.41. The van der Waals surface area contributed by atoms with Gasteiger partial charge in [0, 0.05) is 0 Å². The second kappa shape index (κ2) is 13.2. The quantitative estimate of drug-likeness (QED) is 0.233. The third-order valence-electron chi connectivity index (χ3n) is 5.97. The van der Waals surface area contributed by atoms with Crippen LogP contribution in [0.25, 0.3) is 0 Å². The number of ether oxygens (including phenoxy) is 1. The van der Waals surface area contributed by atoms with Gasteiger partial charge in [-0.3, -0.25) is 19.3 Å². The minimum Gasteiger partial charge on any atom is -0.509 e. The summed E-state index contributed by atoms with van der Waals surface area (Å²) in [5.74, 6) is -2.65. The number of imide groups is 1. The maximum absolute atomic E-state index is 13.0. The molecular formula is C25H40N2O6. The molecule has 0 aromatic rings. The summed E-state index contributed by atoms with van der Waals surface area (Å²) in [6, 6.07) is -0.966. The molecule has 0 spiro atoms. The minimum atomic E-state index is -0.966. The molecule has 0 fully saturated rings. The zero-order valence-electron chi connectivity index (χ0n) is 20.7. The lowest BCUT2D eigenvalue weighted by Crippen LogP contribution is -2.47. The molecule has 0 saturated heterocycles. The Balaban J connectivity index is 3.10. The van der Waals surface area contributed by atoms with Gasteiger partial charge in [-0.05, 0) is 50.0 Å². The zero-order valence-corrected chi connectivity index (χ0v) is 20.7. The van der Waals surface area contributed by atoms with E-state index in [0.717, 1.165) is 30.6 Å². The van der Waals surface area contributed by atoms with E-state index in [1.54, 1.807) is 6.08 Å². The first-order valence-corrected chi connectivity index (χ1v) is 11.8. The standard InChI is InChI=1S/C25H40N2O6/c1-6-7-8-9-10-11-12-15-19(29)27-21(22(30)20(17(2)28)23(27)31)18(25(3,4)5)14-13-16-33-24(26)32/h12,15,18,21,30H,6-11,13-14,16H2,1-5H3,(H2,26,32)/b15-12+. The summed E-state index contributed by atoms with van der Waals surface area (Å²) >= 11 is 0. The van der Waals surface area contributed by atoms with Crippen LogP contribution in [0.4, 0.5) is 4.79 Å². The summed E-state index contributed by atoms with van der Waals surface area (Å²) in [5, 5.41) is 10.9. The largest absolute Gasteiger partial charge is 0.509 e. The van der Waals surface area contributed by atoms with E-state index in [-0.39, 0.29) is 23.9 Å². The zero-order chi connectivity index (χ0) is 25.2. The predicted molar refractivity (Wildman–Crippen MR) is 126 cm³/mol. The lowest BCUT2D eigenvalue weighted by atomic mass is 9.73. The van der Waals surface area contributed by atoms with E-state index in [2.05, 4.69) is 6.92 Å². The van der Waals surface area contributed by atoms with Gasteiger partial charge in [-0.25, -0.2) is 4.79 Å². The summed E-state index contributed by atoms with van der Waals surface area (Å²) < 4.78 is 4.80. The Morgan fingerprint density at radius 2 is 1.79 bits per heavy atom. The fourth-order valence-corrected chi connectivity index (χ4v) is 4.24. The molecule has 8 nitrogen and oxygen atoms in total. The molecule has 1 aliphatic rings. The minimum absolute atomic E-state index is 0.0818. The van der Waals surface area contributed by atoms with Gasteiger partial charge in [0.25, 0.3) is 11.8 Å². The van der Waals surface area contributed by atoms with Crippen molar-refractivity contribution in [3.05, 3.63) is 23.5 Å². The maximum Gasteiger partial charge on any atom is 0.404 e. The number of carbonyl (C=O) groups excluding carboxylic acids is 4. The van der Waals surface area contributed by atoms with Gasteiger partial charge in [0.2, 0.25) is 0 Å². The average Bonchev–Trinajstić information content (AvgIpc) is 2.96. The lowest BCUT2D eigenvalue weighted by Gasteiger charge is -2.38. The van der Waals surface area contributed by atoms with Crippen LogP contribution >= 0.6 is 0 Å². The van der Waals surface area contributed by atoms with Crippen LogP contribution in [0.3, 0.4) is 0 Å². The summed E-state index contributed by atoms with van der Waals surface area (Å²) in [6.07, 6.45) is 9.33. The monoisotopic (exact) mass is 464 g/mol. The molecule has 1 rings (SSSR count). The van der Waals surface area contributed by atoms with Crippen LogP contribution < -0.4 is 5.73 Å². The lowest BCUT2D eigenvalue weighted by molar-refractivity contribution is -0.142. The van der Waals surface area contributed by atoms with Crippen molar-refractivity contribution in [1.82, 2.24) is 4.90 Å². The molecule has 0 aliphatic carbocycles. The number of allylic oxidation sites excluding steroid dienone is 1. The van der Waals surface area contributed by atoms with Crippen molar-refractivity contribution in [1.29, 1.82) is 0 Å². The molecule has 1 aliphatic heterocycles. The van der Waals surface area contributed by atoms with Crippen molar-refractivity contribution in [3.8, 4) is 0 Å². The number of primary amides is 1. The number of unbranched alkanes of at least 4 members (excludes halogenated alkanes) is 5. The summed E-state index contributed by atoms with van der Waals surface area (Å²) in [4.78, 5) is 50.0. The molecule has 0 bridgehead atoms. The van der Waals surface area contributed by atoms with Gasteiger partial charge < -0.3 is 15.6 Å². The number of nitrogens with zero attached hydrogens (tertiary/aromatic N) is 1. The summed E-state index contributed by atoms with van der Waals surface area (Å²) in [5.41, 5.74) is 4.24. The van der Waals surface area contributed by atoms with Gasteiger partial charge in [-0.2, -0.15) is 0 Å².